The fraction of sp³-hybridized carbons (Fsp3) is 0.118. The molecule has 0 amide bonds. The highest BCUT2D eigenvalue weighted by Crippen LogP contribution is 2.40. The fourth-order valence-corrected chi connectivity index (χ4v) is 4.62. The van der Waals surface area contributed by atoms with Crippen molar-refractivity contribution in [3.05, 3.63) is 81.8 Å². The van der Waals surface area contributed by atoms with Gasteiger partial charge in [0.2, 0.25) is 17.4 Å². The predicted octanol–water partition coefficient (Wildman–Crippen LogP) is -0.615. The standard InChI is InChI=1S/C17H17B3BrNO5S/c18-16(11-8-4-5-9-12(11)21)14(23)13(15(22)26-16)27-28(24,25)17(19,20)10-6-2-1-3-7-10/h1-9H,18-20,22H2/t16-/m0/s1. The number of carbonyl (C=O) groups is 1. The van der Waals surface area contributed by atoms with E-state index in [-0.39, 0.29) is 5.88 Å². The summed E-state index contributed by atoms with van der Waals surface area (Å²) in [5, 5.41) is 0. The van der Waals surface area contributed by atoms with Crippen molar-refractivity contribution in [1.29, 1.82) is 0 Å². The SMILES string of the molecule is BC(B)(c1ccccc1)S(=O)(=O)OC1=C(N)O[C@@](B)(c2ccccc2Br)C1=O. The van der Waals surface area contributed by atoms with Crippen LogP contribution in [0.3, 0.4) is 0 Å². The number of benzene rings is 2. The van der Waals surface area contributed by atoms with E-state index >= 15 is 0 Å². The highest BCUT2D eigenvalue weighted by molar-refractivity contribution is 9.10. The van der Waals surface area contributed by atoms with E-state index in [1.54, 1.807) is 54.6 Å². The first-order valence-electron chi connectivity index (χ1n) is 8.49. The number of Topliss-reactive ketones (excluding diaryl/α,β-unsaturated/α-hetero) is 1. The quantitative estimate of drug-likeness (QED) is 0.473. The summed E-state index contributed by atoms with van der Waals surface area (Å²) in [6, 6.07) is 15.6. The zero-order valence-corrected chi connectivity index (χ0v) is 18.0. The molecule has 0 bridgehead atoms. The molecule has 0 aromatic heterocycles. The summed E-state index contributed by atoms with van der Waals surface area (Å²) in [6.07, 6.45) is 0. The van der Waals surface area contributed by atoms with Gasteiger partial charge in [-0.1, -0.05) is 64.5 Å². The third-order valence-electron chi connectivity index (χ3n) is 4.85. The van der Waals surface area contributed by atoms with Crippen molar-refractivity contribution < 1.29 is 22.1 Å². The fourth-order valence-electron chi connectivity index (χ4n) is 2.94. The maximum atomic E-state index is 13.1. The normalized spacial score (nSPS) is 20.1. The van der Waals surface area contributed by atoms with Gasteiger partial charge in [-0.05, 0) is 11.6 Å². The number of nitrogens with two attached hydrogens (primary N) is 1. The molecule has 0 radical (unpaired) electrons. The Labute approximate surface area is 175 Å². The van der Waals surface area contributed by atoms with Crippen LogP contribution in [0.4, 0.5) is 0 Å². The van der Waals surface area contributed by atoms with Crippen molar-refractivity contribution >= 4 is 55.4 Å². The molecule has 1 heterocycles. The van der Waals surface area contributed by atoms with Crippen molar-refractivity contribution in [2.24, 2.45) is 5.73 Å². The number of hydrogen-bond acceptors (Lipinski definition) is 6. The average Bonchev–Trinajstić information content (AvgIpc) is 2.86. The van der Waals surface area contributed by atoms with Crippen LogP contribution in [0.25, 0.3) is 0 Å². The first-order chi connectivity index (χ1) is 13.0. The lowest BCUT2D eigenvalue weighted by Crippen LogP contribution is -2.40. The van der Waals surface area contributed by atoms with Gasteiger partial charge in [0.1, 0.15) is 15.7 Å². The molecule has 0 aliphatic carbocycles. The Morgan fingerprint density at radius 2 is 1.64 bits per heavy atom. The van der Waals surface area contributed by atoms with E-state index in [0.29, 0.717) is 15.6 Å². The molecule has 6 nitrogen and oxygen atoms in total. The van der Waals surface area contributed by atoms with Gasteiger partial charge >= 0.3 is 10.1 Å². The number of carbonyl (C=O) groups excluding carboxylic acids is 1. The summed E-state index contributed by atoms with van der Waals surface area (Å²) in [7, 11) is 0.270. The Kier molecular flexibility index (Phi) is 5.18. The molecule has 3 rings (SSSR count). The Hall–Kier alpha value is -2.13. The maximum Gasteiger partial charge on any atom is 0.304 e. The number of ketones is 1. The zero-order chi connectivity index (χ0) is 20.7. The highest BCUT2D eigenvalue weighted by Gasteiger charge is 2.51. The maximum absolute atomic E-state index is 13.1. The summed E-state index contributed by atoms with van der Waals surface area (Å²) in [4.78, 5) is 13.1. The smallest absolute Gasteiger partial charge is 0.304 e. The van der Waals surface area contributed by atoms with Crippen molar-refractivity contribution in [1.82, 2.24) is 0 Å². The van der Waals surface area contributed by atoms with E-state index in [9.17, 15) is 13.2 Å². The lowest BCUT2D eigenvalue weighted by Gasteiger charge is -2.26. The monoisotopic (exact) mass is 459 g/mol. The van der Waals surface area contributed by atoms with E-state index in [0.717, 1.165) is 0 Å². The first-order valence-corrected chi connectivity index (χ1v) is 10.7. The minimum atomic E-state index is -4.26. The molecule has 1 atom stereocenters. The van der Waals surface area contributed by atoms with Crippen molar-refractivity contribution in [3.8, 4) is 0 Å². The summed E-state index contributed by atoms with van der Waals surface area (Å²) in [5.74, 6) is -1.54. The van der Waals surface area contributed by atoms with E-state index in [4.69, 9.17) is 14.7 Å². The molecule has 2 N–H and O–H groups in total. The molecule has 1 aliphatic rings. The lowest BCUT2D eigenvalue weighted by atomic mass is 9.65. The number of halogens is 1. The van der Waals surface area contributed by atoms with E-state index in [2.05, 4.69) is 15.9 Å². The van der Waals surface area contributed by atoms with Crippen LogP contribution < -0.4 is 5.73 Å². The molecule has 28 heavy (non-hydrogen) atoms. The van der Waals surface area contributed by atoms with Crippen LogP contribution >= 0.6 is 15.9 Å². The second-order valence-electron chi connectivity index (χ2n) is 7.05. The zero-order valence-electron chi connectivity index (χ0n) is 15.6. The number of hydrogen-bond donors (Lipinski definition) is 1. The number of rotatable bonds is 5. The summed E-state index contributed by atoms with van der Waals surface area (Å²) >= 11 is 3.38. The van der Waals surface area contributed by atoms with Gasteiger partial charge in [-0.15, -0.1) is 0 Å². The Morgan fingerprint density at radius 3 is 2.25 bits per heavy atom. The highest BCUT2D eigenvalue weighted by atomic mass is 79.9. The van der Waals surface area contributed by atoms with Crippen molar-refractivity contribution in [3.63, 3.8) is 0 Å². The number of ether oxygens (including phenoxy) is 1. The van der Waals surface area contributed by atoms with Crippen LogP contribution in [0, 0.1) is 0 Å². The van der Waals surface area contributed by atoms with E-state index in [1.807, 2.05) is 0 Å². The Balaban J connectivity index is 1.96. The Bertz CT molecular complexity index is 1080. The minimum absolute atomic E-state index is 0.365. The van der Waals surface area contributed by atoms with Crippen LogP contribution in [0.1, 0.15) is 11.1 Å². The van der Waals surface area contributed by atoms with Gasteiger partial charge in [0.15, 0.2) is 13.3 Å². The molecule has 0 saturated heterocycles. The van der Waals surface area contributed by atoms with Crippen LogP contribution in [0.15, 0.2) is 70.7 Å². The molecule has 2 aromatic rings. The van der Waals surface area contributed by atoms with Gasteiger partial charge in [-0.25, -0.2) is 0 Å². The van der Waals surface area contributed by atoms with Gasteiger partial charge in [0, 0.05) is 10.0 Å². The molecule has 0 fully saturated rings. The van der Waals surface area contributed by atoms with Gasteiger partial charge in [0.05, 0.1) is 4.55 Å². The van der Waals surface area contributed by atoms with E-state index in [1.165, 1.54) is 23.5 Å². The second-order valence-corrected chi connectivity index (χ2v) is 10.0. The molecular weight excluding hydrogens is 443 g/mol. The molecule has 0 spiro atoms. The van der Waals surface area contributed by atoms with Crippen molar-refractivity contribution in [2.45, 2.75) is 10.0 Å². The van der Waals surface area contributed by atoms with Crippen LogP contribution in [0.2, 0.25) is 0 Å². The summed E-state index contributed by atoms with van der Waals surface area (Å²) < 4.78 is 36.0. The van der Waals surface area contributed by atoms with Crippen molar-refractivity contribution in [2.75, 3.05) is 0 Å². The molecule has 1 aliphatic heterocycles. The molecule has 0 saturated carbocycles. The van der Waals surface area contributed by atoms with Gasteiger partial charge in [0.25, 0.3) is 0 Å². The van der Waals surface area contributed by atoms with Gasteiger partial charge in [-0.3, -0.25) is 4.79 Å². The molecule has 0 unspecified atom stereocenters. The third-order valence-corrected chi connectivity index (χ3v) is 7.42. The summed E-state index contributed by atoms with van der Waals surface area (Å²) in [5.41, 5.74) is 5.40. The topological polar surface area (TPSA) is 95.7 Å². The predicted molar refractivity (Wildman–Crippen MR) is 117 cm³/mol. The largest absolute Gasteiger partial charge is 0.467 e. The van der Waals surface area contributed by atoms with Gasteiger partial charge < -0.3 is 14.7 Å². The molecule has 2 aromatic carbocycles. The minimum Gasteiger partial charge on any atom is -0.467 e. The third kappa shape index (κ3) is 3.26. The second kappa shape index (κ2) is 7.04. The molecule has 142 valence electrons. The average molecular weight is 460 g/mol. The van der Waals surface area contributed by atoms with Crippen LogP contribution in [-0.2, 0) is 33.9 Å². The Morgan fingerprint density at radius 1 is 1.07 bits per heavy atom. The van der Waals surface area contributed by atoms with Gasteiger partial charge in [-0.2, -0.15) is 8.42 Å². The van der Waals surface area contributed by atoms with Crippen LogP contribution in [0.5, 0.6) is 0 Å². The van der Waals surface area contributed by atoms with E-state index < -0.39 is 31.7 Å². The molecule has 11 heteroatoms. The summed E-state index contributed by atoms with van der Waals surface area (Å²) in [6.45, 7) is 0. The van der Waals surface area contributed by atoms with Crippen LogP contribution in [-0.4, -0.2) is 37.7 Å². The lowest BCUT2D eigenvalue weighted by molar-refractivity contribution is -0.126. The first kappa shape index (κ1) is 20.6. The molecular formula is C17H17B3BrNO5S.